The summed E-state index contributed by atoms with van der Waals surface area (Å²) in [7, 11) is -0.565. The third-order valence-corrected chi connectivity index (χ3v) is 6.82. The predicted molar refractivity (Wildman–Crippen MR) is 68.1 cm³/mol. The second kappa shape index (κ2) is 4.21. The molecular weight excluding hydrogens is 218 g/mol. The Morgan fingerprint density at radius 1 is 1.19 bits per heavy atom. The first-order chi connectivity index (χ1) is 7.62. The maximum Gasteiger partial charge on any atom is 0.0804 e. The first-order valence-electron chi connectivity index (χ1n) is 5.82. The fourth-order valence-electron chi connectivity index (χ4n) is 2.61. The number of nitrogens with zero attached hydrogens (tertiary/aromatic N) is 1. The summed E-state index contributed by atoms with van der Waals surface area (Å²) < 4.78 is 17.2. The molecule has 3 heteroatoms. The second-order valence-corrected chi connectivity index (χ2v) is 7.55. The summed E-state index contributed by atoms with van der Waals surface area (Å²) in [4.78, 5) is 0.891. The molecule has 1 atom stereocenters. The molecule has 0 aromatic heterocycles. The highest BCUT2D eigenvalue weighted by Gasteiger charge is 2.40. The van der Waals surface area contributed by atoms with E-state index in [-0.39, 0.29) is 4.75 Å². The lowest BCUT2D eigenvalue weighted by Gasteiger charge is -2.28. The Bertz CT molecular complexity index is 466. The van der Waals surface area contributed by atoms with Gasteiger partial charge in [0.2, 0.25) is 0 Å². The zero-order chi connectivity index (χ0) is 11.6. The van der Waals surface area contributed by atoms with Crippen molar-refractivity contribution in [1.29, 1.82) is 0 Å². The second-order valence-electron chi connectivity index (χ2n) is 4.68. The van der Waals surface area contributed by atoms with Crippen LogP contribution in [-0.4, -0.2) is 16.0 Å². The van der Waals surface area contributed by atoms with Crippen molar-refractivity contribution in [3.05, 3.63) is 30.3 Å². The Kier molecular flexibility index (Phi) is 3.06. The molecule has 88 valence electrons. The smallest absolute Gasteiger partial charge is 0.0804 e. The van der Waals surface area contributed by atoms with Gasteiger partial charge in [-0.25, -0.2) is 8.57 Å². The van der Waals surface area contributed by atoms with Gasteiger partial charge in [0.05, 0.1) is 14.5 Å². The molecule has 2 rings (SSSR count). The van der Waals surface area contributed by atoms with Gasteiger partial charge >= 0.3 is 0 Å². The molecule has 16 heavy (non-hydrogen) atoms. The molecule has 1 aromatic rings. The van der Waals surface area contributed by atoms with Gasteiger partial charge in [0.25, 0.3) is 0 Å². The predicted octanol–water partition coefficient (Wildman–Crippen LogP) is 3.48. The van der Waals surface area contributed by atoms with E-state index < -0.39 is 9.73 Å². The lowest BCUT2D eigenvalue weighted by molar-refractivity contribution is 0.596. The molecule has 0 radical (unpaired) electrons. The Morgan fingerprint density at radius 2 is 1.75 bits per heavy atom. The zero-order valence-corrected chi connectivity index (χ0v) is 10.8. The van der Waals surface area contributed by atoms with Crippen LogP contribution in [0.3, 0.4) is 0 Å². The summed E-state index contributed by atoms with van der Waals surface area (Å²) in [6, 6.07) is 9.73. The summed E-state index contributed by atoms with van der Waals surface area (Å²) in [5.41, 5.74) is 0. The molecule has 2 nitrogen and oxygen atoms in total. The van der Waals surface area contributed by atoms with Crippen molar-refractivity contribution in [3.8, 4) is 0 Å². The van der Waals surface area contributed by atoms with Crippen LogP contribution in [0, 0.1) is 0 Å². The van der Waals surface area contributed by atoms with Crippen molar-refractivity contribution in [3.63, 3.8) is 0 Å². The fourth-order valence-corrected chi connectivity index (χ4v) is 5.20. The van der Waals surface area contributed by atoms with Crippen LogP contribution in [0.1, 0.15) is 32.6 Å². The largest absolute Gasteiger partial charge is 0.244 e. The fraction of sp³-hybridized carbons (Fsp3) is 0.538. The van der Waals surface area contributed by atoms with Crippen LogP contribution >= 0.6 is 0 Å². The molecule has 0 saturated heterocycles. The van der Waals surface area contributed by atoms with Crippen molar-refractivity contribution in [1.82, 2.24) is 0 Å². The zero-order valence-electron chi connectivity index (χ0n) is 9.98. The van der Waals surface area contributed by atoms with E-state index in [9.17, 15) is 4.21 Å². The summed E-state index contributed by atoms with van der Waals surface area (Å²) in [6.45, 7) is 2.13. The molecule has 0 spiro atoms. The molecular formula is C13H19NOS. The Labute approximate surface area is 98.3 Å². The van der Waals surface area contributed by atoms with Gasteiger partial charge in [-0.15, -0.1) is 0 Å². The van der Waals surface area contributed by atoms with E-state index in [0.29, 0.717) is 0 Å². The highest BCUT2D eigenvalue weighted by molar-refractivity contribution is 7.95. The van der Waals surface area contributed by atoms with E-state index in [0.717, 1.165) is 17.7 Å². The minimum atomic E-state index is -2.26. The first kappa shape index (κ1) is 11.6. The van der Waals surface area contributed by atoms with Crippen LogP contribution in [0.5, 0.6) is 0 Å². The van der Waals surface area contributed by atoms with Gasteiger partial charge in [0, 0.05) is 11.9 Å². The van der Waals surface area contributed by atoms with Crippen molar-refractivity contribution in [2.24, 2.45) is 4.36 Å². The molecule has 1 saturated carbocycles. The highest BCUT2D eigenvalue weighted by atomic mass is 32.2. The third-order valence-electron chi connectivity index (χ3n) is 3.65. The number of benzene rings is 1. The van der Waals surface area contributed by atoms with E-state index in [1.54, 1.807) is 7.05 Å². The van der Waals surface area contributed by atoms with Crippen LogP contribution in [-0.2, 0) is 9.73 Å². The topological polar surface area (TPSA) is 29.4 Å². The molecule has 1 unspecified atom stereocenters. The normalized spacial score (nSPS) is 22.6. The van der Waals surface area contributed by atoms with Crippen LogP contribution < -0.4 is 0 Å². The first-order valence-corrected chi connectivity index (χ1v) is 7.34. The SMILES string of the molecule is CN=S(=O)(c1ccccc1)C1(C)CCCC1. The standard InChI is InChI=1S/C13H19NOS/c1-13(10-6-7-11-13)16(15,14-2)12-8-4-3-5-9-12/h3-5,8-9H,6-7,10-11H2,1-2H3. The molecule has 0 N–H and O–H groups in total. The molecule has 1 aromatic carbocycles. The summed E-state index contributed by atoms with van der Waals surface area (Å²) in [5.74, 6) is 0. The van der Waals surface area contributed by atoms with Crippen LogP contribution in [0.15, 0.2) is 39.6 Å². The Hall–Kier alpha value is -0.830. The highest BCUT2D eigenvalue weighted by Crippen LogP contribution is 2.41. The Balaban J connectivity index is 2.54. The van der Waals surface area contributed by atoms with Crippen LogP contribution in [0.4, 0.5) is 0 Å². The van der Waals surface area contributed by atoms with E-state index in [1.807, 2.05) is 30.3 Å². The minimum Gasteiger partial charge on any atom is -0.244 e. The average Bonchev–Trinajstić information content (AvgIpc) is 2.78. The maximum absolute atomic E-state index is 13.1. The number of hydrogen-bond donors (Lipinski definition) is 0. The monoisotopic (exact) mass is 237 g/mol. The summed E-state index contributed by atoms with van der Waals surface area (Å²) in [6.07, 6.45) is 4.40. The number of hydrogen-bond acceptors (Lipinski definition) is 2. The van der Waals surface area contributed by atoms with Crippen LogP contribution in [0.25, 0.3) is 0 Å². The summed E-state index contributed by atoms with van der Waals surface area (Å²) >= 11 is 0. The third kappa shape index (κ3) is 1.67. The quantitative estimate of drug-likeness (QED) is 0.774. The van der Waals surface area contributed by atoms with E-state index in [1.165, 1.54) is 12.8 Å². The molecule has 1 fully saturated rings. The van der Waals surface area contributed by atoms with Gasteiger partial charge in [-0.05, 0) is 31.9 Å². The van der Waals surface area contributed by atoms with Gasteiger partial charge in [0.15, 0.2) is 0 Å². The van der Waals surface area contributed by atoms with Gasteiger partial charge in [-0.1, -0.05) is 31.0 Å². The van der Waals surface area contributed by atoms with Crippen molar-refractivity contribution in [2.75, 3.05) is 7.05 Å². The van der Waals surface area contributed by atoms with Crippen LogP contribution in [0.2, 0.25) is 0 Å². The average molecular weight is 237 g/mol. The van der Waals surface area contributed by atoms with E-state index in [4.69, 9.17) is 0 Å². The van der Waals surface area contributed by atoms with Crippen molar-refractivity contribution in [2.45, 2.75) is 42.2 Å². The molecule has 0 bridgehead atoms. The van der Waals surface area contributed by atoms with Crippen molar-refractivity contribution >= 4 is 9.73 Å². The molecule has 1 aliphatic rings. The van der Waals surface area contributed by atoms with E-state index in [2.05, 4.69) is 11.3 Å². The molecule has 0 amide bonds. The number of rotatable bonds is 2. The lowest BCUT2D eigenvalue weighted by atomic mass is 10.1. The van der Waals surface area contributed by atoms with Gasteiger partial charge in [-0.2, -0.15) is 0 Å². The van der Waals surface area contributed by atoms with Gasteiger partial charge in [0.1, 0.15) is 0 Å². The molecule has 0 aliphatic heterocycles. The summed E-state index contributed by atoms with van der Waals surface area (Å²) in [5, 5.41) is 0. The molecule has 1 aliphatic carbocycles. The lowest BCUT2D eigenvalue weighted by Crippen LogP contribution is -2.31. The Morgan fingerprint density at radius 3 is 2.25 bits per heavy atom. The molecule has 0 heterocycles. The van der Waals surface area contributed by atoms with E-state index >= 15 is 0 Å². The van der Waals surface area contributed by atoms with Gasteiger partial charge in [-0.3, -0.25) is 0 Å². The maximum atomic E-state index is 13.1. The van der Waals surface area contributed by atoms with Crippen molar-refractivity contribution < 1.29 is 4.21 Å². The van der Waals surface area contributed by atoms with Gasteiger partial charge < -0.3 is 0 Å². The minimum absolute atomic E-state index is 0.136.